The molecule has 142 valence electrons. The monoisotopic (exact) mass is 357 g/mol. The standard InChI is InChI=1S/C20H31N5O/c1-12(2)18-9-16(17-11-22-25(13(3)4)19(17)23-18)20(26)24-7-6-14(5)8-15(24)10-21/h9,11-15H,6-8,10,21H2,1-5H3. The summed E-state index contributed by atoms with van der Waals surface area (Å²) in [7, 11) is 0. The number of nitrogens with zero attached hydrogens (tertiary/aromatic N) is 4. The fraction of sp³-hybridized carbons (Fsp3) is 0.650. The Labute approximate surface area is 155 Å². The summed E-state index contributed by atoms with van der Waals surface area (Å²) in [6.45, 7) is 11.9. The minimum Gasteiger partial charge on any atom is -0.334 e. The van der Waals surface area contributed by atoms with Crippen molar-refractivity contribution >= 4 is 16.9 Å². The largest absolute Gasteiger partial charge is 0.334 e. The number of carbonyl (C=O) groups is 1. The van der Waals surface area contributed by atoms with Crippen LogP contribution in [0.3, 0.4) is 0 Å². The van der Waals surface area contributed by atoms with Crippen molar-refractivity contribution in [3.05, 3.63) is 23.5 Å². The van der Waals surface area contributed by atoms with E-state index in [2.05, 4.69) is 39.7 Å². The third-order valence-corrected chi connectivity index (χ3v) is 5.41. The van der Waals surface area contributed by atoms with Gasteiger partial charge in [-0.05, 0) is 44.6 Å². The molecule has 2 aromatic heterocycles. The molecule has 26 heavy (non-hydrogen) atoms. The predicted octanol–water partition coefficient (Wildman–Crippen LogP) is 3.34. The number of hydrogen-bond acceptors (Lipinski definition) is 4. The minimum absolute atomic E-state index is 0.0601. The van der Waals surface area contributed by atoms with Crippen molar-refractivity contribution in [3.63, 3.8) is 0 Å². The molecule has 2 unspecified atom stereocenters. The molecule has 0 bridgehead atoms. The van der Waals surface area contributed by atoms with Gasteiger partial charge in [0.25, 0.3) is 5.91 Å². The highest BCUT2D eigenvalue weighted by Crippen LogP contribution is 2.28. The number of hydrogen-bond donors (Lipinski definition) is 1. The van der Waals surface area contributed by atoms with Crippen molar-refractivity contribution in [2.75, 3.05) is 13.1 Å². The minimum atomic E-state index is 0.0601. The molecule has 6 heteroatoms. The molecule has 2 aromatic rings. The Balaban J connectivity index is 2.09. The number of rotatable bonds is 4. The van der Waals surface area contributed by atoms with Crippen LogP contribution in [0.15, 0.2) is 12.3 Å². The number of piperidine rings is 1. The van der Waals surface area contributed by atoms with E-state index in [0.717, 1.165) is 36.1 Å². The van der Waals surface area contributed by atoms with Gasteiger partial charge >= 0.3 is 0 Å². The van der Waals surface area contributed by atoms with Gasteiger partial charge in [-0.1, -0.05) is 20.8 Å². The smallest absolute Gasteiger partial charge is 0.255 e. The molecule has 1 fully saturated rings. The fourth-order valence-corrected chi connectivity index (χ4v) is 3.79. The molecule has 3 heterocycles. The number of fused-ring (bicyclic) bond motifs is 1. The van der Waals surface area contributed by atoms with E-state index in [4.69, 9.17) is 10.7 Å². The van der Waals surface area contributed by atoms with Crippen molar-refractivity contribution in [2.24, 2.45) is 11.7 Å². The number of pyridine rings is 1. The summed E-state index contributed by atoms with van der Waals surface area (Å²) in [6.07, 6.45) is 3.78. The molecule has 2 N–H and O–H groups in total. The zero-order valence-corrected chi connectivity index (χ0v) is 16.6. The summed E-state index contributed by atoms with van der Waals surface area (Å²) in [6, 6.07) is 2.25. The van der Waals surface area contributed by atoms with E-state index < -0.39 is 0 Å². The van der Waals surface area contributed by atoms with Crippen LogP contribution < -0.4 is 5.73 Å². The second kappa shape index (κ2) is 7.35. The third kappa shape index (κ3) is 3.34. The van der Waals surface area contributed by atoms with Crippen LogP contribution in [-0.2, 0) is 0 Å². The molecule has 0 spiro atoms. The summed E-state index contributed by atoms with van der Waals surface area (Å²) in [5.41, 5.74) is 8.41. The van der Waals surface area contributed by atoms with Gasteiger partial charge in [0.1, 0.15) is 0 Å². The van der Waals surface area contributed by atoms with E-state index >= 15 is 0 Å². The predicted molar refractivity (Wildman–Crippen MR) is 104 cm³/mol. The quantitative estimate of drug-likeness (QED) is 0.910. The Bertz CT molecular complexity index is 795. The Morgan fingerprint density at radius 1 is 1.35 bits per heavy atom. The van der Waals surface area contributed by atoms with Gasteiger partial charge in [-0.15, -0.1) is 0 Å². The summed E-state index contributed by atoms with van der Waals surface area (Å²) in [4.78, 5) is 20.2. The van der Waals surface area contributed by atoms with Crippen molar-refractivity contribution < 1.29 is 4.79 Å². The highest BCUT2D eigenvalue weighted by atomic mass is 16.2. The Kier molecular flexibility index (Phi) is 5.32. The number of amides is 1. The highest BCUT2D eigenvalue weighted by Gasteiger charge is 2.31. The molecule has 1 aliphatic rings. The van der Waals surface area contributed by atoms with Gasteiger partial charge in [0, 0.05) is 30.9 Å². The zero-order chi connectivity index (χ0) is 19.0. The second-order valence-corrected chi connectivity index (χ2v) is 8.19. The molecule has 0 aromatic carbocycles. The van der Waals surface area contributed by atoms with E-state index in [9.17, 15) is 4.79 Å². The topological polar surface area (TPSA) is 77.0 Å². The van der Waals surface area contributed by atoms with Crippen molar-refractivity contribution in [3.8, 4) is 0 Å². The Morgan fingerprint density at radius 3 is 2.69 bits per heavy atom. The first-order valence-corrected chi connectivity index (χ1v) is 9.72. The van der Waals surface area contributed by atoms with Crippen LogP contribution in [0, 0.1) is 5.92 Å². The molecule has 0 aliphatic carbocycles. The van der Waals surface area contributed by atoms with Gasteiger partial charge in [-0.25, -0.2) is 9.67 Å². The molecule has 3 rings (SSSR count). The fourth-order valence-electron chi connectivity index (χ4n) is 3.79. The maximum Gasteiger partial charge on any atom is 0.255 e. The first-order valence-electron chi connectivity index (χ1n) is 9.72. The maximum atomic E-state index is 13.4. The van der Waals surface area contributed by atoms with E-state index in [1.165, 1.54) is 0 Å². The van der Waals surface area contributed by atoms with Gasteiger partial charge in [0.15, 0.2) is 5.65 Å². The zero-order valence-electron chi connectivity index (χ0n) is 16.6. The first-order chi connectivity index (χ1) is 12.3. The van der Waals surface area contributed by atoms with Crippen LogP contribution in [-0.4, -0.2) is 44.7 Å². The number of carbonyl (C=O) groups excluding carboxylic acids is 1. The molecule has 1 aliphatic heterocycles. The second-order valence-electron chi connectivity index (χ2n) is 8.19. The Morgan fingerprint density at radius 2 is 2.08 bits per heavy atom. The van der Waals surface area contributed by atoms with E-state index in [1.54, 1.807) is 6.20 Å². The molecular weight excluding hydrogens is 326 g/mol. The van der Waals surface area contributed by atoms with Gasteiger partial charge in [0.05, 0.1) is 17.1 Å². The average Bonchev–Trinajstić information content (AvgIpc) is 3.04. The summed E-state index contributed by atoms with van der Waals surface area (Å²) in [5.74, 6) is 0.915. The summed E-state index contributed by atoms with van der Waals surface area (Å²) < 4.78 is 1.90. The van der Waals surface area contributed by atoms with E-state index in [1.807, 2.05) is 15.6 Å². The molecule has 1 amide bonds. The summed E-state index contributed by atoms with van der Waals surface area (Å²) >= 11 is 0. The summed E-state index contributed by atoms with van der Waals surface area (Å²) in [5, 5.41) is 5.33. The lowest BCUT2D eigenvalue weighted by Gasteiger charge is -2.38. The molecule has 2 atom stereocenters. The number of aromatic nitrogens is 3. The molecular formula is C20H31N5O. The van der Waals surface area contributed by atoms with Crippen LogP contribution in [0.2, 0.25) is 0 Å². The van der Waals surface area contributed by atoms with Crippen molar-refractivity contribution in [1.82, 2.24) is 19.7 Å². The van der Waals surface area contributed by atoms with Crippen LogP contribution in [0.4, 0.5) is 0 Å². The maximum absolute atomic E-state index is 13.4. The lowest BCUT2D eigenvalue weighted by atomic mass is 9.91. The average molecular weight is 358 g/mol. The molecule has 1 saturated heterocycles. The number of likely N-dealkylation sites (tertiary alicyclic amines) is 1. The first kappa shape index (κ1) is 18.8. The SMILES string of the molecule is CC1CCN(C(=O)c2cc(C(C)C)nc3c2cnn3C(C)C)C(CN)C1. The number of nitrogens with two attached hydrogens (primary N) is 1. The lowest BCUT2D eigenvalue weighted by Crippen LogP contribution is -2.49. The van der Waals surface area contributed by atoms with Gasteiger partial charge < -0.3 is 10.6 Å². The van der Waals surface area contributed by atoms with Crippen LogP contribution in [0.5, 0.6) is 0 Å². The van der Waals surface area contributed by atoms with E-state index in [0.29, 0.717) is 18.0 Å². The van der Waals surface area contributed by atoms with Crippen molar-refractivity contribution in [2.45, 2.75) is 65.5 Å². The molecule has 0 saturated carbocycles. The third-order valence-electron chi connectivity index (χ3n) is 5.41. The van der Waals surface area contributed by atoms with Crippen molar-refractivity contribution in [1.29, 1.82) is 0 Å². The van der Waals surface area contributed by atoms with Gasteiger partial charge in [0.2, 0.25) is 0 Å². The van der Waals surface area contributed by atoms with Crippen LogP contribution >= 0.6 is 0 Å². The normalized spacial score (nSPS) is 21.2. The van der Waals surface area contributed by atoms with Crippen LogP contribution in [0.25, 0.3) is 11.0 Å². The van der Waals surface area contributed by atoms with Gasteiger partial charge in [-0.2, -0.15) is 5.10 Å². The van der Waals surface area contributed by atoms with E-state index in [-0.39, 0.29) is 23.9 Å². The molecule has 6 nitrogen and oxygen atoms in total. The highest BCUT2D eigenvalue weighted by molar-refractivity contribution is 6.05. The Hall–Kier alpha value is -1.95. The lowest BCUT2D eigenvalue weighted by molar-refractivity contribution is 0.0575. The van der Waals surface area contributed by atoms with Gasteiger partial charge in [-0.3, -0.25) is 4.79 Å². The van der Waals surface area contributed by atoms with Crippen LogP contribution in [0.1, 0.15) is 75.5 Å². The molecule has 0 radical (unpaired) electrons.